The Bertz CT molecular complexity index is 596. The van der Waals surface area contributed by atoms with Gasteiger partial charge in [0.2, 0.25) is 0 Å². The van der Waals surface area contributed by atoms with Crippen LogP contribution in [-0.2, 0) is 11.3 Å². The number of rotatable bonds is 2. The summed E-state index contributed by atoms with van der Waals surface area (Å²) < 4.78 is 5.20. The normalized spacial score (nSPS) is 11.6. The first kappa shape index (κ1) is 13.4. The Labute approximate surface area is 112 Å². The molecular weight excluding hydrogens is 242 g/mol. The average molecular weight is 261 g/mol. The van der Waals surface area contributed by atoms with Crippen LogP contribution in [0.1, 0.15) is 26.3 Å². The van der Waals surface area contributed by atoms with Gasteiger partial charge in [-0.2, -0.15) is 0 Å². The second-order valence-corrected chi connectivity index (χ2v) is 5.41. The Balaban J connectivity index is 2.16. The highest BCUT2D eigenvalue weighted by Crippen LogP contribution is 2.22. The second kappa shape index (κ2) is 4.93. The first-order valence-electron chi connectivity index (χ1n) is 6.19. The van der Waals surface area contributed by atoms with Gasteiger partial charge in [0.25, 0.3) is 0 Å². The quantitative estimate of drug-likeness (QED) is 0.777. The summed E-state index contributed by atoms with van der Waals surface area (Å²) in [4.78, 5) is 14.8. The number of benzene rings is 1. The fraction of sp³-hybridized carbons (Fsp3) is 0.357. The molecule has 2 aromatic rings. The molecule has 0 saturated carbocycles. The summed E-state index contributed by atoms with van der Waals surface area (Å²) in [5.41, 5.74) is 7.81. The lowest BCUT2D eigenvalue weighted by atomic mass is 10.1. The standard InChI is InChI=1S/C14H19N3O2/c1-14(2,3)19-13(18)17-10-4-5-11-9(7-15)8-16-12(11)6-10/h4-6,8,16H,7,15H2,1-3H3,(H,17,18). The Morgan fingerprint density at radius 3 is 2.79 bits per heavy atom. The molecule has 1 aromatic heterocycles. The number of nitrogens with one attached hydrogen (secondary N) is 2. The molecule has 0 aliphatic carbocycles. The SMILES string of the molecule is CC(C)(C)OC(=O)Nc1ccc2c(CN)c[nH]c2c1. The summed E-state index contributed by atoms with van der Waals surface area (Å²) >= 11 is 0. The van der Waals surface area contributed by atoms with Crippen LogP contribution in [0.3, 0.4) is 0 Å². The maximum Gasteiger partial charge on any atom is 0.412 e. The molecule has 0 fully saturated rings. The summed E-state index contributed by atoms with van der Waals surface area (Å²) in [5, 5.41) is 3.77. The van der Waals surface area contributed by atoms with Gasteiger partial charge in [0.1, 0.15) is 5.60 Å². The molecule has 5 nitrogen and oxygen atoms in total. The molecule has 102 valence electrons. The zero-order chi connectivity index (χ0) is 14.0. The highest BCUT2D eigenvalue weighted by Gasteiger charge is 2.16. The molecule has 1 heterocycles. The lowest BCUT2D eigenvalue weighted by Crippen LogP contribution is -2.27. The molecule has 0 aliphatic heterocycles. The molecule has 5 heteroatoms. The van der Waals surface area contributed by atoms with Crippen LogP contribution < -0.4 is 11.1 Å². The predicted molar refractivity (Wildman–Crippen MR) is 76.0 cm³/mol. The Kier molecular flexibility index (Phi) is 3.48. The van der Waals surface area contributed by atoms with Gasteiger partial charge in [-0.05, 0) is 38.5 Å². The summed E-state index contributed by atoms with van der Waals surface area (Å²) in [5.74, 6) is 0. The Morgan fingerprint density at radius 1 is 1.42 bits per heavy atom. The fourth-order valence-electron chi connectivity index (χ4n) is 1.85. The monoisotopic (exact) mass is 261 g/mol. The average Bonchev–Trinajstić information content (AvgIpc) is 2.68. The van der Waals surface area contributed by atoms with Crippen molar-refractivity contribution in [3.05, 3.63) is 30.0 Å². The van der Waals surface area contributed by atoms with Gasteiger partial charge in [0, 0.05) is 29.3 Å². The molecular formula is C14H19N3O2. The van der Waals surface area contributed by atoms with Crippen LogP contribution in [0.5, 0.6) is 0 Å². The van der Waals surface area contributed by atoms with Gasteiger partial charge in [-0.3, -0.25) is 5.32 Å². The van der Waals surface area contributed by atoms with Crippen molar-refractivity contribution in [2.75, 3.05) is 5.32 Å². The molecule has 19 heavy (non-hydrogen) atoms. The van der Waals surface area contributed by atoms with Gasteiger partial charge in [0.15, 0.2) is 0 Å². The van der Waals surface area contributed by atoms with Crippen molar-refractivity contribution in [1.29, 1.82) is 0 Å². The van der Waals surface area contributed by atoms with Crippen LogP contribution in [0.2, 0.25) is 0 Å². The van der Waals surface area contributed by atoms with E-state index in [1.807, 2.05) is 45.2 Å². The molecule has 0 bridgehead atoms. The number of amides is 1. The summed E-state index contributed by atoms with van der Waals surface area (Å²) in [6.07, 6.45) is 1.42. The Morgan fingerprint density at radius 2 is 2.16 bits per heavy atom. The van der Waals surface area contributed by atoms with Gasteiger partial charge in [-0.15, -0.1) is 0 Å². The van der Waals surface area contributed by atoms with E-state index in [1.165, 1.54) is 0 Å². The van der Waals surface area contributed by atoms with E-state index in [1.54, 1.807) is 0 Å². The van der Waals surface area contributed by atoms with E-state index in [-0.39, 0.29) is 0 Å². The molecule has 1 amide bonds. The predicted octanol–water partition coefficient (Wildman–Crippen LogP) is 2.97. The van der Waals surface area contributed by atoms with Gasteiger partial charge in [0.05, 0.1) is 0 Å². The van der Waals surface area contributed by atoms with E-state index in [0.717, 1.165) is 16.5 Å². The summed E-state index contributed by atoms with van der Waals surface area (Å²) in [7, 11) is 0. The number of aromatic nitrogens is 1. The maximum atomic E-state index is 11.7. The first-order valence-corrected chi connectivity index (χ1v) is 6.19. The topological polar surface area (TPSA) is 80.1 Å². The van der Waals surface area contributed by atoms with Crippen molar-refractivity contribution in [2.24, 2.45) is 5.73 Å². The van der Waals surface area contributed by atoms with Crippen LogP contribution in [0.25, 0.3) is 10.9 Å². The zero-order valence-electron chi connectivity index (χ0n) is 11.4. The number of carbonyl (C=O) groups is 1. The highest BCUT2D eigenvalue weighted by molar-refractivity contribution is 5.91. The molecule has 0 saturated heterocycles. The van der Waals surface area contributed by atoms with Crippen molar-refractivity contribution < 1.29 is 9.53 Å². The number of aromatic amines is 1. The van der Waals surface area contributed by atoms with Gasteiger partial charge in [-0.1, -0.05) is 6.07 Å². The van der Waals surface area contributed by atoms with E-state index < -0.39 is 11.7 Å². The minimum Gasteiger partial charge on any atom is -0.444 e. The fourth-order valence-corrected chi connectivity index (χ4v) is 1.85. The van der Waals surface area contributed by atoms with Crippen molar-refractivity contribution in [3.8, 4) is 0 Å². The van der Waals surface area contributed by atoms with Crippen molar-refractivity contribution in [2.45, 2.75) is 32.9 Å². The van der Waals surface area contributed by atoms with Crippen LogP contribution >= 0.6 is 0 Å². The number of carbonyl (C=O) groups excluding carboxylic acids is 1. The molecule has 0 aliphatic rings. The number of ether oxygens (including phenoxy) is 1. The molecule has 2 rings (SSSR count). The van der Waals surface area contributed by atoms with Crippen molar-refractivity contribution in [1.82, 2.24) is 4.98 Å². The lowest BCUT2D eigenvalue weighted by Gasteiger charge is -2.19. The van der Waals surface area contributed by atoms with E-state index >= 15 is 0 Å². The van der Waals surface area contributed by atoms with E-state index in [4.69, 9.17) is 10.5 Å². The minimum absolute atomic E-state index is 0.461. The molecule has 0 radical (unpaired) electrons. The van der Waals surface area contributed by atoms with Crippen LogP contribution in [0.4, 0.5) is 10.5 Å². The number of hydrogen-bond acceptors (Lipinski definition) is 3. The van der Waals surface area contributed by atoms with Gasteiger partial charge < -0.3 is 15.5 Å². The zero-order valence-corrected chi connectivity index (χ0v) is 11.4. The van der Waals surface area contributed by atoms with Gasteiger partial charge >= 0.3 is 6.09 Å². The third-order valence-corrected chi connectivity index (χ3v) is 2.63. The third-order valence-electron chi connectivity index (χ3n) is 2.63. The number of nitrogens with two attached hydrogens (primary N) is 1. The molecule has 0 unspecified atom stereocenters. The largest absolute Gasteiger partial charge is 0.444 e. The number of fused-ring (bicyclic) bond motifs is 1. The van der Waals surface area contributed by atoms with Crippen molar-refractivity contribution in [3.63, 3.8) is 0 Å². The smallest absolute Gasteiger partial charge is 0.412 e. The van der Waals surface area contributed by atoms with Crippen LogP contribution in [-0.4, -0.2) is 16.7 Å². The minimum atomic E-state index is -0.507. The van der Waals surface area contributed by atoms with Gasteiger partial charge in [-0.25, -0.2) is 4.79 Å². The first-order chi connectivity index (χ1) is 8.89. The number of hydrogen-bond donors (Lipinski definition) is 3. The molecule has 0 spiro atoms. The van der Waals surface area contributed by atoms with E-state index in [9.17, 15) is 4.79 Å². The third kappa shape index (κ3) is 3.26. The lowest BCUT2D eigenvalue weighted by molar-refractivity contribution is 0.0636. The summed E-state index contributed by atoms with van der Waals surface area (Å²) in [6, 6.07) is 5.62. The van der Waals surface area contributed by atoms with E-state index in [2.05, 4.69) is 10.3 Å². The maximum absolute atomic E-state index is 11.7. The van der Waals surface area contributed by atoms with E-state index in [0.29, 0.717) is 12.2 Å². The van der Waals surface area contributed by atoms with Crippen molar-refractivity contribution >= 4 is 22.7 Å². The summed E-state index contributed by atoms with van der Waals surface area (Å²) in [6.45, 7) is 5.97. The Hall–Kier alpha value is -2.01. The molecule has 0 atom stereocenters. The van der Waals surface area contributed by atoms with Crippen LogP contribution in [0, 0.1) is 0 Å². The molecule has 4 N–H and O–H groups in total. The highest BCUT2D eigenvalue weighted by atomic mass is 16.6. The second-order valence-electron chi connectivity index (χ2n) is 5.41. The number of H-pyrrole nitrogens is 1. The molecule has 1 aromatic carbocycles. The van der Waals surface area contributed by atoms with Crippen LogP contribution in [0.15, 0.2) is 24.4 Å². The number of anilines is 1.